The fourth-order valence-corrected chi connectivity index (χ4v) is 5.05. The van der Waals surface area contributed by atoms with Gasteiger partial charge in [-0.3, -0.25) is 0 Å². The molecular weight excluding hydrogens is 286 g/mol. The van der Waals surface area contributed by atoms with Crippen molar-refractivity contribution in [2.75, 3.05) is 0 Å². The second-order valence-electron chi connectivity index (χ2n) is 3.04. The van der Waals surface area contributed by atoms with Gasteiger partial charge in [-0.1, -0.05) is 0 Å². The third-order valence-corrected chi connectivity index (χ3v) is 8.54. The average molecular weight is 300 g/mol. The van der Waals surface area contributed by atoms with Crippen molar-refractivity contribution in [2.45, 2.75) is 24.2 Å². The molecule has 0 radical (unpaired) electrons. The van der Waals surface area contributed by atoms with E-state index in [-0.39, 0.29) is 0 Å². The Hall–Kier alpha value is -0.130. The van der Waals surface area contributed by atoms with Crippen molar-refractivity contribution in [1.29, 1.82) is 0 Å². The Morgan fingerprint density at radius 2 is 1.77 bits per heavy atom. The quantitative estimate of drug-likeness (QED) is 0.753. The van der Waals surface area contributed by atoms with Gasteiger partial charge < -0.3 is 0 Å². The van der Waals surface area contributed by atoms with Crippen LogP contribution in [0, 0.1) is 0 Å². The molecule has 0 aliphatic rings. The van der Waals surface area contributed by atoms with Crippen molar-refractivity contribution in [3.63, 3.8) is 0 Å². The second kappa shape index (κ2) is 4.39. The second-order valence-corrected chi connectivity index (χ2v) is 9.59. The molecule has 0 saturated carbocycles. The first-order valence-corrected chi connectivity index (χ1v) is 8.62. The van der Waals surface area contributed by atoms with Crippen molar-refractivity contribution in [1.82, 2.24) is 0 Å². The minimum atomic E-state index is -4.73. The molecule has 1 atom stereocenters. The van der Waals surface area contributed by atoms with Gasteiger partial charge in [0.05, 0.1) is 0 Å². The van der Waals surface area contributed by atoms with Crippen LogP contribution < -0.4 is 3.61 Å². The van der Waals surface area contributed by atoms with Crippen LogP contribution in [0.4, 0.5) is 5.78 Å². The minimum absolute atomic E-state index is 0.305. The Morgan fingerprint density at radius 3 is 2.23 bits per heavy atom. The molecule has 1 aromatic carbocycles. The normalized spacial score (nSPS) is 15.4. The van der Waals surface area contributed by atoms with E-state index in [1.165, 1.54) is 0 Å². The van der Waals surface area contributed by atoms with Gasteiger partial charge in [0.1, 0.15) is 0 Å². The first-order valence-electron chi connectivity index (χ1n) is 4.35. The summed E-state index contributed by atoms with van der Waals surface area (Å²) in [5, 5.41) is 0. The van der Waals surface area contributed by atoms with Gasteiger partial charge in [0.15, 0.2) is 0 Å². The average Bonchev–Trinajstić information content (AvgIpc) is 2.18. The Kier molecular flexibility index (Phi) is 3.70. The van der Waals surface area contributed by atoms with Crippen LogP contribution in [-0.4, -0.2) is 19.3 Å². The van der Waals surface area contributed by atoms with Crippen LogP contribution in [0.1, 0.15) is 20.3 Å². The van der Waals surface area contributed by atoms with Gasteiger partial charge in [0.2, 0.25) is 0 Å². The number of rotatable bonds is 3. The van der Waals surface area contributed by atoms with E-state index in [4.69, 9.17) is 0 Å². The molecule has 1 aromatic rings. The fraction of sp³-hybridized carbons (Fsp3) is 0.400. The fourth-order valence-electron chi connectivity index (χ4n) is 1.04. The summed E-state index contributed by atoms with van der Waals surface area (Å²) in [6.45, 7) is 3.49. The zero-order chi connectivity index (χ0) is 9.90. The van der Waals surface area contributed by atoms with E-state index < -0.39 is 23.3 Å². The number of hydrogen-bond acceptors (Lipinski definition) is 0. The van der Waals surface area contributed by atoms with E-state index in [2.05, 4.69) is 0 Å². The molecule has 0 aromatic heterocycles. The van der Waals surface area contributed by atoms with Gasteiger partial charge in [-0.05, 0) is 0 Å². The molecule has 0 heterocycles. The van der Waals surface area contributed by atoms with Gasteiger partial charge in [-0.25, -0.2) is 0 Å². The Balaban J connectivity index is 2.93. The molecule has 13 heavy (non-hydrogen) atoms. The van der Waals surface area contributed by atoms with Crippen LogP contribution in [0.3, 0.4) is 0 Å². The maximum atomic E-state index is 13.7. The van der Waals surface area contributed by atoms with Crippen LogP contribution in [0.2, 0.25) is 3.97 Å². The summed E-state index contributed by atoms with van der Waals surface area (Å²) in [4.78, 5) is 0. The third kappa shape index (κ3) is 2.42. The van der Waals surface area contributed by atoms with Crippen molar-refractivity contribution < 1.29 is 5.78 Å². The first kappa shape index (κ1) is 10.9. The molecule has 0 N–H and O–H groups in total. The molecule has 0 saturated heterocycles. The van der Waals surface area contributed by atoms with Gasteiger partial charge in [-0.2, -0.15) is 0 Å². The van der Waals surface area contributed by atoms with Gasteiger partial charge in [-0.15, -0.1) is 0 Å². The summed E-state index contributed by atoms with van der Waals surface area (Å²) < 4.78 is 27.4. The van der Waals surface area contributed by atoms with E-state index in [0.717, 1.165) is 0 Å². The van der Waals surface area contributed by atoms with E-state index in [0.29, 0.717) is 10.0 Å². The molecular formula is C10H14F2Te. The number of benzene rings is 1. The molecule has 0 aliphatic heterocycles. The van der Waals surface area contributed by atoms with Crippen molar-refractivity contribution in [3.05, 3.63) is 30.3 Å². The topological polar surface area (TPSA) is 0 Å². The summed E-state index contributed by atoms with van der Waals surface area (Å²) in [5.41, 5.74) is 0. The molecule has 0 aliphatic carbocycles. The zero-order valence-electron chi connectivity index (χ0n) is 7.84. The molecule has 0 amide bonds. The van der Waals surface area contributed by atoms with Crippen LogP contribution in [0.25, 0.3) is 0 Å². The number of hydrogen-bond donors (Lipinski definition) is 0. The molecule has 0 spiro atoms. The first-order chi connectivity index (χ1) is 6.09. The van der Waals surface area contributed by atoms with E-state index in [1.807, 2.05) is 6.92 Å². The van der Waals surface area contributed by atoms with Crippen LogP contribution >= 0.6 is 0 Å². The summed E-state index contributed by atoms with van der Waals surface area (Å²) in [5.74, 6) is 0. The summed E-state index contributed by atoms with van der Waals surface area (Å²) >= 11 is -4.73. The van der Waals surface area contributed by atoms with Crippen molar-refractivity contribution in [2.24, 2.45) is 0 Å². The molecule has 0 fully saturated rings. The monoisotopic (exact) mass is 302 g/mol. The Labute approximate surface area is 83.3 Å². The Bertz CT molecular complexity index is 259. The molecule has 3 heteroatoms. The predicted octanol–water partition coefficient (Wildman–Crippen LogP) is 3.07. The van der Waals surface area contributed by atoms with Gasteiger partial charge in [0, 0.05) is 0 Å². The molecule has 0 nitrogen and oxygen atoms in total. The number of halogens is 2. The van der Waals surface area contributed by atoms with Crippen LogP contribution in [0.15, 0.2) is 30.3 Å². The van der Waals surface area contributed by atoms with E-state index in [1.54, 1.807) is 37.3 Å². The standard InChI is InChI=1S/C10H14F2Te/c1-3-9(2)13(11,12)10-7-5-4-6-8-10/h4-9H,3H2,1-2H3. The van der Waals surface area contributed by atoms with E-state index in [9.17, 15) is 5.78 Å². The van der Waals surface area contributed by atoms with E-state index >= 15 is 0 Å². The predicted molar refractivity (Wildman–Crippen MR) is 53.8 cm³/mol. The van der Waals surface area contributed by atoms with Crippen molar-refractivity contribution in [3.8, 4) is 0 Å². The SMILES string of the molecule is CCC(C)[Te](F)(F)c1ccccc1. The third-order valence-electron chi connectivity index (χ3n) is 2.14. The molecule has 0 bridgehead atoms. The zero-order valence-corrected chi connectivity index (χ0v) is 10.2. The van der Waals surface area contributed by atoms with Gasteiger partial charge >= 0.3 is 83.3 Å². The van der Waals surface area contributed by atoms with Gasteiger partial charge in [0.25, 0.3) is 0 Å². The molecule has 1 unspecified atom stereocenters. The van der Waals surface area contributed by atoms with Crippen LogP contribution in [0.5, 0.6) is 0 Å². The molecule has 74 valence electrons. The van der Waals surface area contributed by atoms with Crippen LogP contribution in [-0.2, 0) is 0 Å². The summed E-state index contributed by atoms with van der Waals surface area (Å²) in [6, 6.07) is 8.29. The maximum absolute atomic E-state index is 13.7. The summed E-state index contributed by atoms with van der Waals surface area (Å²) in [7, 11) is 0. The summed E-state index contributed by atoms with van der Waals surface area (Å²) in [6.07, 6.45) is 0.572. The van der Waals surface area contributed by atoms with Crippen molar-refractivity contribution >= 4 is 22.9 Å². The molecule has 1 rings (SSSR count). The Morgan fingerprint density at radius 1 is 1.23 bits per heavy atom.